The van der Waals surface area contributed by atoms with Crippen LogP contribution in [0.3, 0.4) is 0 Å². The van der Waals surface area contributed by atoms with Crippen LogP contribution in [0.2, 0.25) is 0 Å². The first-order chi connectivity index (χ1) is 7.44. The zero-order chi connectivity index (χ0) is 11.9. The van der Waals surface area contributed by atoms with Gasteiger partial charge in [0.2, 0.25) is 0 Å². The summed E-state index contributed by atoms with van der Waals surface area (Å²) in [5.74, 6) is 0.903. The van der Waals surface area contributed by atoms with Gasteiger partial charge in [-0.25, -0.2) is 8.42 Å². The zero-order valence-corrected chi connectivity index (χ0v) is 11.0. The number of aryl methyl sites for hydroxylation is 1. The normalized spacial score (nSPS) is 23.8. The number of hydrogen-bond donors (Lipinski definition) is 0. The number of rotatable bonds is 2. The van der Waals surface area contributed by atoms with Crippen molar-refractivity contribution >= 4 is 21.4 Å². The zero-order valence-electron chi connectivity index (χ0n) is 9.40. The van der Waals surface area contributed by atoms with Crippen LogP contribution < -0.4 is 0 Å². The Bertz CT molecular complexity index is 507. The Balaban J connectivity index is 2.36. The van der Waals surface area contributed by atoms with Crippen LogP contribution in [0.5, 0.6) is 0 Å². The fourth-order valence-electron chi connectivity index (χ4n) is 2.21. The van der Waals surface area contributed by atoms with E-state index in [0.29, 0.717) is 12.3 Å². The Labute approximate surface area is 101 Å². The topological polar surface area (TPSA) is 52.0 Å². The fraction of sp³-hybridized carbons (Fsp3) is 0.700. The van der Waals surface area contributed by atoms with Crippen molar-refractivity contribution in [2.75, 3.05) is 11.5 Å². The van der Waals surface area contributed by atoms with Crippen LogP contribution in [0.4, 0.5) is 0 Å². The maximum absolute atomic E-state index is 11.4. The van der Waals surface area contributed by atoms with Gasteiger partial charge in [-0.1, -0.05) is 0 Å². The van der Waals surface area contributed by atoms with E-state index < -0.39 is 9.84 Å². The molecule has 0 amide bonds. The van der Waals surface area contributed by atoms with Gasteiger partial charge < -0.3 is 0 Å². The van der Waals surface area contributed by atoms with Gasteiger partial charge >= 0.3 is 0 Å². The van der Waals surface area contributed by atoms with E-state index in [-0.39, 0.29) is 17.5 Å². The van der Waals surface area contributed by atoms with E-state index in [0.717, 1.165) is 17.0 Å². The number of alkyl halides is 1. The lowest BCUT2D eigenvalue weighted by Gasteiger charge is -2.11. The third-order valence-corrected chi connectivity index (χ3v) is 5.18. The highest BCUT2D eigenvalue weighted by Crippen LogP contribution is 2.27. The predicted octanol–water partition coefficient (Wildman–Crippen LogP) is 1.60. The minimum Gasteiger partial charge on any atom is -0.265 e. The molecule has 1 saturated heterocycles. The minimum absolute atomic E-state index is 0.0133. The molecule has 0 aliphatic carbocycles. The van der Waals surface area contributed by atoms with Crippen molar-refractivity contribution in [2.45, 2.75) is 32.2 Å². The molecular weight excluding hydrogens is 248 g/mol. The van der Waals surface area contributed by atoms with Gasteiger partial charge in [0.15, 0.2) is 9.84 Å². The Morgan fingerprint density at radius 1 is 1.50 bits per heavy atom. The van der Waals surface area contributed by atoms with Crippen LogP contribution in [0, 0.1) is 13.8 Å². The van der Waals surface area contributed by atoms with Gasteiger partial charge in [-0.05, 0) is 20.3 Å². The molecule has 0 bridgehead atoms. The smallest absolute Gasteiger partial charge is 0.152 e. The van der Waals surface area contributed by atoms with Crippen LogP contribution in [0.1, 0.15) is 29.4 Å². The molecule has 0 radical (unpaired) electrons. The molecule has 1 aliphatic rings. The van der Waals surface area contributed by atoms with Crippen molar-refractivity contribution in [1.29, 1.82) is 0 Å². The van der Waals surface area contributed by atoms with Gasteiger partial charge in [0, 0.05) is 11.3 Å². The molecule has 90 valence electrons. The van der Waals surface area contributed by atoms with Crippen LogP contribution in [0.15, 0.2) is 0 Å². The highest BCUT2D eigenvalue weighted by atomic mass is 35.5. The van der Waals surface area contributed by atoms with Gasteiger partial charge in [0.25, 0.3) is 0 Å². The van der Waals surface area contributed by atoms with E-state index >= 15 is 0 Å². The second-order valence-electron chi connectivity index (χ2n) is 4.28. The van der Waals surface area contributed by atoms with Gasteiger partial charge in [0.05, 0.1) is 29.1 Å². The molecular formula is C10H15ClN2O2S. The molecule has 0 saturated carbocycles. The summed E-state index contributed by atoms with van der Waals surface area (Å²) >= 11 is 5.84. The summed E-state index contributed by atoms with van der Waals surface area (Å²) in [6, 6.07) is -0.0133. The van der Waals surface area contributed by atoms with Crippen LogP contribution in [-0.4, -0.2) is 29.7 Å². The summed E-state index contributed by atoms with van der Waals surface area (Å²) in [7, 11) is -2.86. The van der Waals surface area contributed by atoms with Gasteiger partial charge in [-0.2, -0.15) is 5.10 Å². The molecule has 1 aliphatic heterocycles. The molecule has 0 aromatic carbocycles. The second-order valence-corrected chi connectivity index (χ2v) is 6.78. The third kappa shape index (κ3) is 1.98. The first-order valence-corrected chi connectivity index (χ1v) is 7.61. The molecule has 1 aromatic heterocycles. The molecule has 6 heteroatoms. The van der Waals surface area contributed by atoms with E-state index in [1.165, 1.54) is 0 Å². The van der Waals surface area contributed by atoms with Crippen molar-refractivity contribution in [2.24, 2.45) is 0 Å². The fourth-order valence-corrected chi connectivity index (χ4v) is 4.29. The first kappa shape index (κ1) is 11.9. The summed E-state index contributed by atoms with van der Waals surface area (Å²) in [6.45, 7) is 3.85. The maximum atomic E-state index is 11.4. The number of nitrogens with zero attached hydrogens (tertiary/aromatic N) is 2. The molecule has 1 fully saturated rings. The summed E-state index contributed by atoms with van der Waals surface area (Å²) in [5.41, 5.74) is 2.91. The Hall–Kier alpha value is -0.550. The molecule has 1 unspecified atom stereocenters. The standard InChI is InChI=1S/C10H15ClN2O2S/c1-7-10(5-11)8(2)13(12-7)9-3-4-16(14,15)6-9/h9H,3-6H2,1-2H3. The summed E-state index contributed by atoms with van der Waals surface area (Å²) in [4.78, 5) is 0. The molecule has 2 heterocycles. The van der Waals surface area contributed by atoms with Crippen molar-refractivity contribution < 1.29 is 8.42 Å². The predicted molar refractivity (Wildman–Crippen MR) is 63.6 cm³/mol. The summed E-state index contributed by atoms with van der Waals surface area (Å²) < 4.78 is 24.7. The van der Waals surface area contributed by atoms with Crippen LogP contribution in [-0.2, 0) is 15.7 Å². The van der Waals surface area contributed by atoms with Gasteiger partial charge in [-0.15, -0.1) is 11.6 Å². The monoisotopic (exact) mass is 262 g/mol. The molecule has 4 nitrogen and oxygen atoms in total. The number of aromatic nitrogens is 2. The van der Waals surface area contributed by atoms with E-state index in [9.17, 15) is 8.42 Å². The minimum atomic E-state index is -2.86. The lowest BCUT2D eigenvalue weighted by atomic mass is 10.2. The van der Waals surface area contributed by atoms with Crippen molar-refractivity contribution in [3.63, 3.8) is 0 Å². The van der Waals surface area contributed by atoms with Crippen molar-refractivity contribution in [3.8, 4) is 0 Å². The molecule has 1 aromatic rings. The summed E-state index contributed by atoms with van der Waals surface area (Å²) in [6.07, 6.45) is 0.659. The SMILES string of the molecule is Cc1nn(C2CCS(=O)(=O)C2)c(C)c1CCl. The molecule has 0 spiro atoms. The highest BCUT2D eigenvalue weighted by molar-refractivity contribution is 7.91. The number of sulfone groups is 1. The number of hydrogen-bond acceptors (Lipinski definition) is 3. The summed E-state index contributed by atoms with van der Waals surface area (Å²) in [5, 5.41) is 4.40. The Morgan fingerprint density at radius 3 is 2.62 bits per heavy atom. The van der Waals surface area contributed by atoms with Crippen LogP contribution >= 0.6 is 11.6 Å². The highest BCUT2D eigenvalue weighted by Gasteiger charge is 2.31. The lowest BCUT2D eigenvalue weighted by molar-refractivity contribution is 0.485. The van der Waals surface area contributed by atoms with E-state index in [1.54, 1.807) is 0 Å². The average molecular weight is 263 g/mol. The molecule has 1 atom stereocenters. The Morgan fingerprint density at radius 2 is 2.19 bits per heavy atom. The quantitative estimate of drug-likeness (QED) is 0.761. The second kappa shape index (κ2) is 4.04. The largest absolute Gasteiger partial charge is 0.265 e. The van der Waals surface area contributed by atoms with E-state index in [1.807, 2.05) is 18.5 Å². The molecule has 16 heavy (non-hydrogen) atoms. The number of halogens is 1. The third-order valence-electron chi connectivity index (χ3n) is 3.16. The van der Waals surface area contributed by atoms with Crippen LogP contribution in [0.25, 0.3) is 0 Å². The maximum Gasteiger partial charge on any atom is 0.152 e. The Kier molecular flexibility index (Phi) is 3.01. The van der Waals surface area contributed by atoms with E-state index in [2.05, 4.69) is 5.10 Å². The lowest BCUT2D eigenvalue weighted by Crippen LogP contribution is -2.14. The van der Waals surface area contributed by atoms with Gasteiger partial charge in [-0.3, -0.25) is 4.68 Å². The van der Waals surface area contributed by atoms with Gasteiger partial charge in [0.1, 0.15) is 0 Å². The first-order valence-electron chi connectivity index (χ1n) is 5.25. The molecule has 2 rings (SSSR count). The molecule has 0 N–H and O–H groups in total. The van der Waals surface area contributed by atoms with Crippen molar-refractivity contribution in [1.82, 2.24) is 9.78 Å². The van der Waals surface area contributed by atoms with Crippen molar-refractivity contribution in [3.05, 3.63) is 17.0 Å². The average Bonchev–Trinajstić information content (AvgIpc) is 2.68. The van der Waals surface area contributed by atoms with E-state index in [4.69, 9.17) is 11.6 Å².